The molecular formula is C11H17N3O4S. The molecule has 7 nitrogen and oxygen atoms in total. The molecule has 0 aliphatic heterocycles. The summed E-state index contributed by atoms with van der Waals surface area (Å²) in [5, 5.41) is 10.2. The Morgan fingerprint density at radius 2 is 2.16 bits per heavy atom. The number of nitrogens with zero attached hydrogens (tertiary/aromatic N) is 2. The SMILES string of the molecule is CCOC(=O)c1nnc(SCC(=O)NC(C)CC)o1. The summed E-state index contributed by atoms with van der Waals surface area (Å²) in [7, 11) is 0. The van der Waals surface area contributed by atoms with Crippen molar-refractivity contribution in [2.45, 2.75) is 38.5 Å². The van der Waals surface area contributed by atoms with E-state index in [1.807, 2.05) is 13.8 Å². The van der Waals surface area contributed by atoms with Gasteiger partial charge in [-0.1, -0.05) is 23.8 Å². The van der Waals surface area contributed by atoms with Crippen molar-refractivity contribution in [3.05, 3.63) is 5.89 Å². The van der Waals surface area contributed by atoms with Gasteiger partial charge in [-0.05, 0) is 20.3 Å². The van der Waals surface area contributed by atoms with E-state index in [1.165, 1.54) is 0 Å². The third-order valence-electron chi connectivity index (χ3n) is 2.20. The van der Waals surface area contributed by atoms with Crippen LogP contribution in [0, 0.1) is 0 Å². The van der Waals surface area contributed by atoms with Crippen LogP contribution in [0.2, 0.25) is 0 Å². The fourth-order valence-corrected chi connectivity index (χ4v) is 1.66. The van der Waals surface area contributed by atoms with E-state index >= 15 is 0 Å². The van der Waals surface area contributed by atoms with Gasteiger partial charge in [0.05, 0.1) is 12.4 Å². The number of hydrogen-bond acceptors (Lipinski definition) is 7. The van der Waals surface area contributed by atoms with E-state index < -0.39 is 5.97 Å². The average molecular weight is 287 g/mol. The highest BCUT2D eigenvalue weighted by Gasteiger charge is 2.17. The lowest BCUT2D eigenvalue weighted by atomic mass is 10.3. The first-order valence-corrected chi connectivity index (χ1v) is 6.98. The van der Waals surface area contributed by atoms with Crippen molar-refractivity contribution in [2.75, 3.05) is 12.4 Å². The van der Waals surface area contributed by atoms with E-state index in [0.29, 0.717) is 0 Å². The number of amides is 1. The maximum absolute atomic E-state index is 11.5. The number of carbonyl (C=O) groups excluding carboxylic acids is 2. The Morgan fingerprint density at radius 1 is 1.42 bits per heavy atom. The molecule has 0 spiro atoms. The average Bonchev–Trinajstić information content (AvgIpc) is 2.85. The van der Waals surface area contributed by atoms with Crippen molar-refractivity contribution in [1.82, 2.24) is 15.5 Å². The molecule has 0 aromatic carbocycles. The monoisotopic (exact) mass is 287 g/mol. The summed E-state index contributed by atoms with van der Waals surface area (Å²) in [6.45, 7) is 5.83. The number of hydrogen-bond donors (Lipinski definition) is 1. The van der Waals surface area contributed by atoms with E-state index in [-0.39, 0.29) is 35.4 Å². The van der Waals surface area contributed by atoms with Gasteiger partial charge in [0.2, 0.25) is 5.91 Å². The highest BCUT2D eigenvalue weighted by atomic mass is 32.2. The second-order valence-corrected chi connectivity index (χ2v) is 4.69. The van der Waals surface area contributed by atoms with Crippen molar-refractivity contribution in [1.29, 1.82) is 0 Å². The topological polar surface area (TPSA) is 94.3 Å². The molecule has 8 heteroatoms. The Labute approximate surface area is 115 Å². The van der Waals surface area contributed by atoms with Gasteiger partial charge in [-0.2, -0.15) is 0 Å². The summed E-state index contributed by atoms with van der Waals surface area (Å²) < 4.78 is 9.78. The number of aromatic nitrogens is 2. The molecule has 1 amide bonds. The second kappa shape index (κ2) is 7.78. The summed E-state index contributed by atoms with van der Waals surface area (Å²) in [6.07, 6.45) is 0.865. The van der Waals surface area contributed by atoms with Gasteiger partial charge in [0, 0.05) is 6.04 Å². The molecule has 1 rings (SSSR count). The van der Waals surface area contributed by atoms with Crippen LogP contribution in [0.3, 0.4) is 0 Å². The van der Waals surface area contributed by atoms with Crippen LogP contribution in [-0.4, -0.2) is 40.5 Å². The van der Waals surface area contributed by atoms with Crippen molar-refractivity contribution < 1.29 is 18.7 Å². The van der Waals surface area contributed by atoms with E-state index in [4.69, 9.17) is 9.15 Å². The maximum Gasteiger partial charge on any atom is 0.396 e. The maximum atomic E-state index is 11.5. The molecule has 0 fully saturated rings. The lowest BCUT2D eigenvalue weighted by Gasteiger charge is -2.09. The molecule has 1 unspecified atom stereocenters. The normalized spacial score (nSPS) is 11.9. The summed E-state index contributed by atoms with van der Waals surface area (Å²) >= 11 is 1.08. The quantitative estimate of drug-likeness (QED) is 0.595. The van der Waals surface area contributed by atoms with Crippen LogP contribution in [0.5, 0.6) is 0 Å². The van der Waals surface area contributed by atoms with E-state index in [2.05, 4.69) is 15.5 Å². The Kier molecular flexibility index (Phi) is 6.34. The Morgan fingerprint density at radius 3 is 2.79 bits per heavy atom. The van der Waals surface area contributed by atoms with Gasteiger partial charge < -0.3 is 14.5 Å². The first-order valence-electron chi connectivity index (χ1n) is 5.99. The molecule has 0 bridgehead atoms. The van der Waals surface area contributed by atoms with Crippen molar-refractivity contribution >= 4 is 23.6 Å². The highest BCUT2D eigenvalue weighted by molar-refractivity contribution is 7.99. The molecule has 1 aromatic rings. The molecule has 0 aliphatic rings. The summed E-state index contributed by atoms with van der Waals surface area (Å²) in [6, 6.07) is 0.130. The minimum absolute atomic E-state index is 0.116. The second-order valence-electron chi connectivity index (χ2n) is 3.76. The summed E-state index contributed by atoms with van der Waals surface area (Å²) in [5.74, 6) is -0.817. The Balaban J connectivity index is 2.42. The van der Waals surface area contributed by atoms with Gasteiger partial charge in [-0.25, -0.2) is 4.79 Å². The van der Waals surface area contributed by atoms with Gasteiger partial charge in [0.1, 0.15) is 0 Å². The van der Waals surface area contributed by atoms with Gasteiger partial charge in [-0.15, -0.1) is 5.10 Å². The van der Waals surface area contributed by atoms with Crippen molar-refractivity contribution in [2.24, 2.45) is 0 Å². The largest absolute Gasteiger partial charge is 0.459 e. The van der Waals surface area contributed by atoms with Crippen molar-refractivity contribution in [3.63, 3.8) is 0 Å². The van der Waals surface area contributed by atoms with Crippen LogP contribution in [-0.2, 0) is 9.53 Å². The minimum Gasteiger partial charge on any atom is -0.459 e. The van der Waals surface area contributed by atoms with Gasteiger partial charge in [-0.3, -0.25) is 4.79 Å². The van der Waals surface area contributed by atoms with E-state index in [1.54, 1.807) is 6.92 Å². The minimum atomic E-state index is -0.661. The lowest BCUT2D eigenvalue weighted by Crippen LogP contribution is -2.33. The molecule has 1 heterocycles. The zero-order valence-electron chi connectivity index (χ0n) is 11.1. The molecule has 1 aromatic heterocycles. The Hall–Kier alpha value is -1.57. The number of ether oxygens (including phenoxy) is 1. The summed E-state index contributed by atoms with van der Waals surface area (Å²) in [4.78, 5) is 22.8. The predicted molar refractivity (Wildman–Crippen MR) is 68.9 cm³/mol. The first kappa shape index (κ1) is 15.5. The van der Waals surface area contributed by atoms with Crippen LogP contribution in [0.25, 0.3) is 0 Å². The van der Waals surface area contributed by atoms with Gasteiger partial charge >= 0.3 is 11.9 Å². The number of carbonyl (C=O) groups is 2. The van der Waals surface area contributed by atoms with E-state index in [0.717, 1.165) is 18.2 Å². The zero-order valence-corrected chi connectivity index (χ0v) is 12.0. The third kappa shape index (κ3) is 5.29. The standard InChI is InChI=1S/C11H17N3O4S/c1-4-7(3)12-8(15)6-19-11-14-13-9(18-11)10(16)17-5-2/h7H,4-6H2,1-3H3,(H,12,15). The first-order chi connectivity index (χ1) is 9.06. The lowest BCUT2D eigenvalue weighted by molar-refractivity contribution is -0.119. The number of thioether (sulfide) groups is 1. The summed E-state index contributed by atoms with van der Waals surface area (Å²) in [5.41, 5.74) is 0. The third-order valence-corrected chi connectivity index (χ3v) is 3.02. The fourth-order valence-electron chi connectivity index (χ4n) is 1.09. The molecule has 19 heavy (non-hydrogen) atoms. The molecule has 106 valence electrons. The molecular weight excluding hydrogens is 270 g/mol. The molecule has 0 saturated heterocycles. The number of nitrogens with one attached hydrogen (secondary N) is 1. The smallest absolute Gasteiger partial charge is 0.396 e. The van der Waals surface area contributed by atoms with Gasteiger partial charge in [0.25, 0.3) is 5.22 Å². The van der Waals surface area contributed by atoms with Crippen LogP contribution in [0.4, 0.5) is 0 Å². The van der Waals surface area contributed by atoms with Crippen LogP contribution < -0.4 is 5.32 Å². The molecule has 1 atom stereocenters. The van der Waals surface area contributed by atoms with Gasteiger partial charge in [0.15, 0.2) is 0 Å². The zero-order chi connectivity index (χ0) is 14.3. The number of rotatable bonds is 7. The fraction of sp³-hybridized carbons (Fsp3) is 0.636. The molecule has 1 N–H and O–H groups in total. The van der Waals surface area contributed by atoms with E-state index in [9.17, 15) is 9.59 Å². The molecule has 0 aliphatic carbocycles. The van der Waals surface area contributed by atoms with Crippen LogP contribution >= 0.6 is 11.8 Å². The molecule has 0 saturated carbocycles. The van der Waals surface area contributed by atoms with Crippen LogP contribution in [0.1, 0.15) is 37.9 Å². The Bertz CT molecular complexity index is 435. The number of esters is 1. The van der Waals surface area contributed by atoms with Crippen LogP contribution in [0.15, 0.2) is 9.64 Å². The predicted octanol–water partition coefficient (Wildman–Crippen LogP) is 1.25. The van der Waals surface area contributed by atoms with Crippen molar-refractivity contribution in [3.8, 4) is 0 Å². The highest BCUT2D eigenvalue weighted by Crippen LogP contribution is 2.16. The molecule has 0 radical (unpaired) electrons.